The van der Waals surface area contributed by atoms with Crippen molar-refractivity contribution in [1.82, 2.24) is 9.97 Å². The first-order valence-electron chi connectivity index (χ1n) is 7.85. The van der Waals surface area contributed by atoms with Crippen molar-refractivity contribution in [2.24, 2.45) is 0 Å². The molecule has 3 rings (SSSR count). The Balaban J connectivity index is 0.00000243. The molecule has 3 aromatic rings. The van der Waals surface area contributed by atoms with Gasteiger partial charge in [0.05, 0.1) is 32.0 Å². The minimum atomic E-state index is 0. The average Bonchev–Trinajstić information content (AvgIpc) is 2.66. The van der Waals surface area contributed by atoms with Crippen LogP contribution in [0.25, 0.3) is 10.9 Å². The molecule has 0 saturated carbocycles. The van der Waals surface area contributed by atoms with Crippen molar-refractivity contribution in [3.63, 3.8) is 0 Å². The molecule has 2 aromatic carbocycles. The van der Waals surface area contributed by atoms with E-state index in [-0.39, 0.29) is 19.0 Å². The maximum atomic E-state index is 9.07. The van der Waals surface area contributed by atoms with Crippen molar-refractivity contribution in [2.75, 3.05) is 38.0 Å². The van der Waals surface area contributed by atoms with E-state index in [0.717, 1.165) is 16.6 Å². The van der Waals surface area contributed by atoms with E-state index in [1.807, 2.05) is 36.4 Å². The molecule has 1 aromatic heterocycles. The van der Waals surface area contributed by atoms with Crippen LogP contribution in [0.3, 0.4) is 0 Å². The van der Waals surface area contributed by atoms with E-state index in [9.17, 15) is 0 Å². The SMILES string of the molecule is COc1ccc(Nc2nc(NCCO)c3ccccc3n2)c(OC)c1.Cl. The molecule has 0 saturated heterocycles. The highest BCUT2D eigenvalue weighted by Crippen LogP contribution is 2.31. The number of nitrogens with one attached hydrogen (secondary N) is 2. The zero-order chi connectivity index (χ0) is 17.6. The minimum absolute atomic E-state index is 0. The third kappa shape index (κ3) is 4.25. The summed E-state index contributed by atoms with van der Waals surface area (Å²) in [5, 5.41) is 16.3. The van der Waals surface area contributed by atoms with Gasteiger partial charge >= 0.3 is 0 Å². The lowest BCUT2D eigenvalue weighted by Gasteiger charge is -2.14. The molecule has 0 unspecified atom stereocenters. The number of nitrogens with zero attached hydrogens (tertiary/aromatic N) is 2. The Morgan fingerprint density at radius 1 is 1.04 bits per heavy atom. The molecular weight excluding hydrogens is 356 g/mol. The van der Waals surface area contributed by atoms with Crippen LogP contribution in [0.1, 0.15) is 0 Å². The summed E-state index contributed by atoms with van der Waals surface area (Å²) >= 11 is 0. The molecule has 3 N–H and O–H groups in total. The second-order valence-corrected chi connectivity index (χ2v) is 5.25. The molecule has 8 heteroatoms. The van der Waals surface area contributed by atoms with Gasteiger partial charge in [0, 0.05) is 18.0 Å². The van der Waals surface area contributed by atoms with Crippen LogP contribution in [0.4, 0.5) is 17.5 Å². The van der Waals surface area contributed by atoms with Crippen molar-refractivity contribution in [1.29, 1.82) is 0 Å². The Bertz CT molecular complexity index is 876. The first-order chi connectivity index (χ1) is 12.2. The van der Waals surface area contributed by atoms with Gasteiger partial charge < -0.3 is 25.2 Å². The van der Waals surface area contributed by atoms with Crippen LogP contribution in [0.2, 0.25) is 0 Å². The van der Waals surface area contributed by atoms with Crippen LogP contribution in [-0.4, -0.2) is 42.4 Å². The molecule has 138 valence electrons. The van der Waals surface area contributed by atoms with Gasteiger partial charge in [-0.3, -0.25) is 0 Å². The van der Waals surface area contributed by atoms with E-state index in [1.54, 1.807) is 20.3 Å². The van der Waals surface area contributed by atoms with Crippen molar-refractivity contribution in [3.05, 3.63) is 42.5 Å². The second-order valence-electron chi connectivity index (χ2n) is 5.25. The maximum Gasteiger partial charge on any atom is 0.229 e. The van der Waals surface area contributed by atoms with Crippen LogP contribution in [-0.2, 0) is 0 Å². The van der Waals surface area contributed by atoms with Gasteiger partial charge in [-0.05, 0) is 24.3 Å². The van der Waals surface area contributed by atoms with Gasteiger partial charge in [-0.2, -0.15) is 4.98 Å². The molecule has 0 aliphatic heterocycles. The number of rotatable bonds is 7. The molecule has 0 aliphatic carbocycles. The van der Waals surface area contributed by atoms with Crippen molar-refractivity contribution >= 4 is 40.8 Å². The number of benzene rings is 2. The molecule has 26 heavy (non-hydrogen) atoms. The van der Waals surface area contributed by atoms with E-state index in [1.165, 1.54) is 0 Å². The van der Waals surface area contributed by atoms with Crippen LogP contribution < -0.4 is 20.1 Å². The highest BCUT2D eigenvalue weighted by Gasteiger charge is 2.10. The number of fused-ring (bicyclic) bond motifs is 1. The molecular formula is C18H21ClN4O3. The Morgan fingerprint density at radius 3 is 2.58 bits per heavy atom. The van der Waals surface area contributed by atoms with Crippen LogP contribution in [0, 0.1) is 0 Å². The van der Waals surface area contributed by atoms with Crippen LogP contribution >= 0.6 is 12.4 Å². The number of hydrogen-bond donors (Lipinski definition) is 3. The van der Waals surface area contributed by atoms with Gasteiger partial charge in [0.25, 0.3) is 0 Å². The molecule has 1 heterocycles. The fourth-order valence-corrected chi connectivity index (χ4v) is 2.46. The fourth-order valence-electron chi connectivity index (χ4n) is 2.46. The van der Waals surface area contributed by atoms with Gasteiger partial charge in [-0.25, -0.2) is 4.98 Å². The Morgan fingerprint density at radius 2 is 1.85 bits per heavy atom. The highest BCUT2D eigenvalue weighted by atomic mass is 35.5. The predicted molar refractivity (Wildman–Crippen MR) is 105 cm³/mol. The van der Waals surface area contributed by atoms with E-state index in [4.69, 9.17) is 14.6 Å². The number of anilines is 3. The number of halogens is 1. The number of methoxy groups -OCH3 is 2. The zero-order valence-electron chi connectivity index (χ0n) is 14.5. The van der Waals surface area contributed by atoms with Crippen LogP contribution in [0.15, 0.2) is 42.5 Å². The average molecular weight is 377 g/mol. The van der Waals surface area contributed by atoms with Gasteiger partial charge in [0.15, 0.2) is 0 Å². The Labute approximate surface area is 157 Å². The lowest BCUT2D eigenvalue weighted by Crippen LogP contribution is -2.09. The summed E-state index contributed by atoms with van der Waals surface area (Å²) in [7, 11) is 3.20. The predicted octanol–water partition coefficient (Wildman–Crippen LogP) is 3.22. The summed E-state index contributed by atoms with van der Waals surface area (Å²) in [4.78, 5) is 9.07. The van der Waals surface area contributed by atoms with Crippen molar-refractivity contribution in [2.45, 2.75) is 0 Å². The minimum Gasteiger partial charge on any atom is -0.497 e. The number of aromatic nitrogens is 2. The third-order valence-electron chi connectivity index (χ3n) is 3.66. The zero-order valence-corrected chi connectivity index (χ0v) is 15.3. The Hall–Kier alpha value is -2.77. The topological polar surface area (TPSA) is 88.5 Å². The number of para-hydroxylation sites is 1. The quantitative estimate of drug-likeness (QED) is 0.583. The van der Waals surface area contributed by atoms with Crippen LogP contribution in [0.5, 0.6) is 11.5 Å². The molecule has 0 amide bonds. The smallest absolute Gasteiger partial charge is 0.229 e. The third-order valence-corrected chi connectivity index (χ3v) is 3.66. The summed E-state index contributed by atoms with van der Waals surface area (Å²) in [6.07, 6.45) is 0. The lowest BCUT2D eigenvalue weighted by atomic mass is 10.2. The highest BCUT2D eigenvalue weighted by molar-refractivity contribution is 5.90. The van der Waals surface area contributed by atoms with Gasteiger partial charge in [0.2, 0.25) is 5.95 Å². The summed E-state index contributed by atoms with van der Waals surface area (Å²) < 4.78 is 10.6. The van der Waals surface area contributed by atoms with Gasteiger partial charge in [0.1, 0.15) is 17.3 Å². The number of aliphatic hydroxyl groups excluding tert-OH is 1. The molecule has 0 atom stereocenters. The number of hydrogen-bond acceptors (Lipinski definition) is 7. The number of ether oxygens (including phenoxy) is 2. The Kier molecular flexibility index (Phi) is 6.82. The molecule has 0 bridgehead atoms. The van der Waals surface area contributed by atoms with Gasteiger partial charge in [-0.1, -0.05) is 12.1 Å². The van der Waals surface area contributed by atoms with E-state index in [0.29, 0.717) is 29.8 Å². The summed E-state index contributed by atoms with van der Waals surface area (Å²) in [6, 6.07) is 13.2. The van der Waals surface area contributed by atoms with E-state index >= 15 is 0 Å². The number of aliphatic hydroxyl groups is 1. The normalized spacial score (nSPS) is 10.1. The largest absolute Gasteiger partial charge is 0.497 e. The van der Waals surface area contributed by atoms with E-state index in [2.05, 4.69) is 20.6 Å². The standard InChI is InChI=1S/C18H20N4O3.ClH/c1-24-12-7-8-15(16(11-12)25-2)21-18-20-14-6-4-3-5-13(14)17(22-18)19-9-10-23;/h3-8,11,23H,9-10H2,1-2H3,(H2,19,20,21,22);1H. The molecule has 0 aliphatic rings. The molecule has 0 fully saturated rings. The summed E-state index contributed by atoms with van der Waals surface area (Å²) in [6.45, 7) is 0.430. The van der Waals surface area contributed by atoms with Crippen molar-refractivity contribution < 1.29 is 14.6 Å². The first-order valence-corrected chi connectivity index (χ1v) is 7.85. The lowest BCUT2D eigenvalue weighted by molar-refractivity contribution is 0.311. The first kappa shape index (κ1) is 19.6. The molecule has 7 nitrogen and oxygen atoms in total. The molecule has 0 radical (unpaired) electrons. The van der Waals surface area contributed by atoms with Crippen molar-refractivity contribution in [3.8, 4) is 11.5 Å². The molecule has 0 spiro atoms. The van der Waals surface area contributed by atoms with E-state index < -0.39 is 0 Å². The summed E-state index contributed by atoms with van der Waals surface area (Å²) in [5.41, 5.74) is 1.53. The monoisotopic (exact) mass is 376 g/mol. The second kappa shape index (κ2) is 9.07. The fraction of sp³-hybridized carbons (Fsp3) is 0.222. The summed E-state index contributed by atoms with van der Waals surface area (Å²) in [5.74, 6) is 2.42. The maximum absolute atomic E-state index is 9.07. The van der Waals surface area contributed by atoms with Gasteiger partial charge in [-0.15, -0.1) is 12.4 Å².